The molecule has 2 N–H and O–H groups in total. The van der Waals surface area contributed by atoms with E-state index in [0.29, 0.717) is 24.4 Å². The Morgan fingerprint density at radius 2 is 1.70 bits per heavy atom. The molecule has 5 heteroatoms. The molecular weight excluding hydrogens is 340 g/mol. The number of carbonyl (C=O) groups is 2. The molecule has 2 aromatic carbocycles. The van der Waals surface area contributed by atoms with Crippen LogP contribution in [0.5, 0.6) is 5.75 Å². The average molecular weight is 366 g/mol. The summed E-state index contributed by atoms with van der Waals surface area (Å²) in [7, 11) is 0. The minimum Gasteiger partial charge on any atom is -0.489 e. The van der Waals surface area contributed by atoms with Crippen molar-refractivity contribution in [2.75, 3.05) is 5.32 Å². The van der Waals surface area contributed by atoms with Crippen molar-refractivity contribution in [1.82, 2.24) is 5.32 Å². The van der Waals surface area contributed by atoms with E-state index < -0.39 is 0 Å². The van der Waals surface area contributed by atoms with E-state index in [-0.39, 0.29) is 29.8 Å². The second-order valence-electron chi connectivity index (χ2n) is 7.30. The Morgan fingerprint density at radius 1 is 1.04 bits per heavy atom. The van der Waals surface area contributed by atoms with Crippen molar-refractivity contribution in [3.8, 4) is 5.75 Å². The number of rotatable bonds is 7. The van der Waals surface area contributed by atoms with E-state index in [2.05, 4.69) is 10.6 Å². The Labute approximate surface area is 160 Å². The van der Waals surface area contributed by atoms with Crippen LogP contribution in [0.1, 0.15) is 31.4 Å². The molecule has 0 bridgehead atoms. The van der Waals surface area contributed by atoms with E-state index in [9.17, 15) is 9.59 Å². The third-order valence-corrected chi connectivity index (χ3v) is 4.56. The molecule has 2 aromatic rings. The first-order valence-corrected chi connectivity index (χ1v) is 9.34. The predicted octanol–water partition coefficient (Wildman–Crippen LogP) is 3.67. The van der Waals surface area contributed by atoms with Crippen molar-refractivity contribution in [2.45, 2.75) is 39.8 Å². The van der Waals surface area contributed by atoms with E-state index in [0.717, 1.165) is 5.56 Å². The number of anilines is 1. The Bertz CT molecular complexity index is 815. The van der Waals surface area contributed by atoms with Gasteiger partial charge in [-0.2, -0.15) is 0 Å². The van der Waals surface area contributed by atoms with Gasteiger partial charge in [0.1, 0.15) is 5.75 Å². The van der Waals surface area contributed by atoms with Crippen LogP contribution in [-0.4, -0.2) is 17.9 Å². The maximum atomic E-state index is 12.5. The van der Waals surface area contributed by atoms with Crippen LogP contribution in [0.2, 0.25) is 0 Å². The number of para-hydroxylation sites is 2. The summed E-state index contributed by atoms with van der Waals surface area (Å²) in [6.45, 7) is 6.39. The van der Waals surface area contributed by atoms with Crippen LogP contribution in [0.25, 0.3) is 0 Å². The number of carbonyl (C=O) groups excluding carboxylic acids is 2. The van der Waals surface area contributed by atoms with Crippen LogP contribution in [0.4, 0.5) is 5.69 Å². The van der Waals surface area contributed by atoms with Gasteiger partial charge in [-0.1, -0.05) is 42.0 Å². The molecule has 1 aliphatic carbocycles. The molecule has 2 unspecified atom stereocenters. The summed E-state index contributed by atoms with van der Waals surface area (Å²) in [6, 6.07) is 15.4. The zero-order valence-corrected chi connectivity index (χ0v) is 16.0. The number of benzene rings is 2. The summed E-state index contributed by atoms with van der Waals surface area (Å²) < 4.78 is 5.72. The highest BCUT2D eigenvalue weighted by Gasteiger charge is 2.48. The molecule has 27 heavy (non-hydrogen) atoms. The molecule has 2 amide bonds. The molecule has 5 nitrogen and oxygen atoms in total. The molecule has 1 fully saturated rings. The summed E-state index contributed by atoms with van der Waals surface area (Å²) in [5, 5.41) is 5.82. The monoisotopic (exact) mass is 366 g/mol. The van der Waals surface area contributed by atoms with Gasteiger partial charge in [0.15, 0.2) is 0 Å². The number of hydrogen-bond acceptors (Lipinski definition) is 3. The molecule has 0 spiro atoms. The molecule has 0 aliphatic heterocycles. The van der Waals surface area contributed by atoms with Gasteiger partial charge in [0, 0.05) is 6.54 Å². The van der Waals surface area contributed by atoms with Crippen LogP contribution >= 0.6 is 0 Å². The number of nitrogens with one attached hydrogen (secondary N) is 2. The predicted molar refractivity (Wildman–Crippen MR) is 105 cm³/mol. The Hall–Kier alpha value is -2.82. The van der Waals surface area contributed by atoms with E-state index in [1.54, 1.807) is 0 Å². The smallest absolute Gasteiger partial charge is 0.228 e. The minimum absolute atomic E-state index is 0.0178. The van der Waals surface area contributed by atoms with Crippen molar-refractivity contribution in [3.63, 3.8) is 0 Å². The lowest BCUT2D eigenvalue weighted by Crippen LogP contribution is -2.27. The molecular formula is C22H26N2O3. The zero-order chi connectivity index (χ0) is 19.4. The van der Waals surface area contributed by atoms with E-state index in [1.807, 2.05) is 69.3 Å². The Morgan fingerprint density at radius 3 is 2.41 bits per heavy atom. The second kappa shape index (κ2) is 8.25. The van der Waals surface area contributed by atoms with Gasteiger partial charge >= 0.3 is 0 Å². The van der Waals surface area contributed by atoms with Crippen molar-refractivity contribution in [2.24, 2.45) is 11.8 Å². The van der Waals surface area contributed by atoms with E-state index in [4.69, 9.17) is 4.74 Å². The number of aryl methyl sites for hydroxylation is 1. The summed E-state index contributed by atoms with van der Waals surface area (Å²) in [5.74, 6) is -0.0987. The van der Waals surface area contributed by atoms with Crippen molar-refractivity contribution < 1.29 is 14.3 Å². The maximum absolute atomic E-state index is 12.5. The summed E-state index contributed by atoms with van der Waals surface area (Å²) in [6.07, 6.45) is 0.600. The van der Waals surface area contributed by atoms with Gasteiger partial charge < -0.3 is 15.4 Å². The zero-order valence-electron chi connectivity index (χ0n) is 16.0. The molecule has 0 radical (unpaired) electrons. The SMILES string of the molecule is Cc1ccc(CNC(=O)C2CC2C(=O)Nc2ccccc2OC(C)C)cc1. The van der Waals surface area contributed by atoms with Crippen LogP contribution in [-0.2, 0) is 16.1 Å². The molecule has 1 saturated carbocycles. The fourth-order valence-corrected chi connectivity index (χ4v) is 2.95. The van der Waals surface area contributed by atoms with Gasteiger partial charge in [0.05, 0.1) is 23.6 Å². The normalized spacial score (nSPS) is 18.1. The molecule has 0 aromatic heterocycles. The Balaban J connectivity index is 1.51. The molecule has 2 atom stereocenters. The van der Waals surface area contributed by atoms with Gasteiger partial charge in [0.25, 0.3) is 0 Å². The first-order chi connectivity index (χ1) is 12.9. The van der Waals surface area contributed by atoms with Gasteiger partial charge in [-0.3, -0.25) is 9.59 Å². The topological polar surface area (TPSA) is 67.4 Å². The summed E-state index contributed by atoms with van der Waals surface area (Å²) in [5.41, 5.74) is 2.88. The standard InChI is InChI=1S/C22H26N2O3/c1-14(2)27-20-7-5-4-6-19(20)24-22(26)18-12-17(18)21(25)23-13-16-10-8-15(3)9-11-16/h4-11,14,17-18H,12-13H2,1-3H3,(H,23,25)(H,24,26). The lowest BCUT2D eigenvalue weighted by Gasteiger charge is -2.14. The van der Waals surface area contributed by atoms with Crippen molar-refractivity contribution in [3.05, 3.63) is 59.7 Å². The molecule has 0 saturated heterocycles. The first kappa shape index (κ1) is 19.0. The number of hydrogen-bond donors (Lipinski definition) is 2. The molecule has 142 valence electrons. The maximum Gasteiger partial charge on any atom is 0.228 e. The molecule has 3 rings (SSSR count). The highest BCUT2D eigenvalue weighted by Crippen LogP contribution is 2.40. The first-order valence-electron chi connectivity index (χ1n) is 9.34. The lowest BCUT2D eigenvalue weighted by atomic mass is 10.1. The van der Waals surface area contributed by atoms with Crippen LogP contribution in [0, 0.1) is 18.8 Å². The quantitative estimate of drug-likeness (QED) is 0.786. The van der Waals surface area contributed by atoms with Gasteiger partial charge in [-0.05, 0) is 44.9 Å². The van der Waals surface area contributed by atoms with Crippen LogP contribution < -0.4 is 15.4 Å². The van der Waals surface area contributed by atoms with Gasteiger partial charge in [0.2, 0.25) is 11.8 Å². The molecule has 1 aliphatic rings. The minimum atomic E-state index is -0.282. The third kappa shape index (κ3) is 5.09. The Kier molecular flexibility index (Phi) is 5.79. The van der Waals surface area contributed by atoms with E-state index in [1.165, 1.54) is 5.56 Å². The van der Waals surface area contributed by atoms with Gasteiger partial charge in [-0.25, -0.2) is 0 Å². The van der Waals surface area contributed by atoms with E-state index >= 15 is 0 Å². The lowest BCUT2D eigenvalue weighted by molar-refractivity contribution is -0.125. The van der Waals surface area contributed by atoms with Crippen molar-refractivity contribution in [1.29, 1.82) is 0 Å². The van der Waals surface area contributed by atoms with Gasteiger partial charge in [-0.15, -0.1) is 0 Å². The van der Waals surface area contributed by atoms with Crippen LogP contribution in [0.15, 0.2) is 48.5 Å². The fourth-order valence-electron chi connectivity index (χ4n) is 2.95. The third-order valence-electron chi connectivity index (χ3n) is 4.56. The largest absolute Gasteiger partial charge is 0.489 e. The van der Waals surface area contributed by atoms with Crippen molar-refractivity contribution >= 4 is 17.5 Å². The summed E-state index contributed by atoms with van der Waals surface area (Å²) in [4.78, 5) is 24.8. The molecule has 0 heterocycles. The number of ether oxygens (including phenoxy) is 1. The second-order valence-corrected chi connectivity index (χ2v) is 7.30. The highest BCUT2D eigenvalue weighted by molar-refractivity contribution is 6.00. The number of amides is 2. The highest BCUT2D eigenvalue weighted by atomic mass is 16.5. The fraction of sp³-hybridized carbons (Fsp3) is 0.364. The average Bonchev–Trinajstić information content (AvgIpc) is 3.43. The van der Waals surface area contributed by atoms with Crippen LogP contribution in [0.3, 0.4) is 0 Å². The summed E-state index contributed by atoms with van der Waals surface area (Å²) >= 11 is 0.